The van der Waals surface area contributed by atoms with Gasteiger partial charge in [-0.15, -0.1) is 11.3 Å². The number of aryl methyl sites for hydroxylation is 1. The lowest BCUT2D eigenvalue weighted by Gasteiger charge is -2.07. The molecule has 3 N–H and O–H groups in total. The summed E-state index contributed by atoms with van der Waals surface area (Å²) in [6.45, 7) is 1.99. The smallest absolute Gasteiger partial charge is 0.294 e. The third kappa shape index (κ3) is 3.27. The average Bonchev–Trinajstić information content (AvgIpc) is 2.88. The third-order valence-corrected chi connectivity index (χ3v) is 3.29. The van der Waals surface area contributed by atoms with Crippen LogP contribution < -0.4 is 16.0 Å². The Labute approximate surface area is 113 Å². The van der Waals surface area contributed by atoms with Crippen molar-refractivity contribution in [3.05, 3.63) is 45.7 Å². The molecule has 7 heteroatoms. The Morgan fingerprint density at radius 1 is 1.58 bits per heavy atom. The first-order chi connectivity index (χ1) is 9.10. The molecule has 1 heterocycles. The Morgan fingerprint density at radius 2 is 2.37 bits per heavy atom. The van der Waals surface area contributed by atoms with Crippen molar-refractivity contribution in [2.45, 2.75) is 13.5 Å². The molecule has 0 aliphatic heterocycles. The fourth-order valence-corrected chi connectivity index (χ4v) is 2.12. The van der Waals surface area contributed by atoms with E-state index in [-0.39, 0.29) is 17.4 Å². The second-order valence-electron chi connectivity index (χ2n) is 3.82. The summed E-state index contributed by atoms with van der Waals surface area (Å²) in [7, 11) is 0. The van der Waals surface area contributed by atoms with Gasteiger partial charge in [-0.3, -0.25) is 10.2 Å². The molecule has 1 aromatic carbocycles. The maximum absolute atomic E-state index is 13.1. The summed E-state index contributed by atoms with van der Waals surface area (Å²) in [5, 5.41) is 1.95. The van der Waals surface area contributed by atoms with Crippen molar-refractivity contribution in [3.8, 4) is 5.75 Å². The van der Waals surface area contributed by atoms with Gasteiger partial charge in [0.15, 0.2) is 5.01 Å². The molecule has 1 amide bonds. The molecule has 0 fully saturated rings. The maximum atomic E-state index is 13.1. The van der Waals surface area contributed by atoms with E-state index >= 15 is 0 Å². The number of hydrogen-bond acceptors (Lipinski definition) is 5. The number of aromatic nitrogens is 1. The minimum Gasteiger partial charge on any atom is -0.487 e. The highest BCUT2D eigenvalue weighted by atomic mass is 32.1. The molecule has 100 valence electrons. The molecule has 2 aromatic rings. The largest absolute Gasteiger partial charge is 0.487 e. The molecular formula is C12H12FN3O2S. The highest BCUT2D eigenvalue weighted by Crippen LogP contribution is 2.20. The van der Waals surface area contributed by atoms with E-state index in [0.717, 1.165) is 5.56 Å². The molecule has 0 spiro atoms. The van der Waals surface area contributed by atoms with E-state index < -0.39 is 5.91 Å². The minimum atomic E-state index is -0.446. The fourth-order valence-electron chi connectivity index (χ4n) is 1.42. The summed E-state index contributed by atoms with van der Waals surface area (Å²) in [4.78, 5) is 15.3. The molecule has 0 saturated heterocycles. The van der Waals surface area contributed by atoms with Crippen molar-refractivity contribution < 1.29 is 13.9 Å². The number of nitrogens with zero attached hydrogens (tertiary/aromatic N) is 1. The van der Waals surface area contributed by atoms with Crippen molar-refractivity contribution in [1.82, 2.24) is 10.4 Å². The van der Waals surface area contributed by atoms with Gasteiger partial charge in [0.2, 0.25) is 0 Å². The number of halogens is 1. The second-order valence-corrected chi connectivity index (χ2v) is 4.67. The van der Waals surface area contributed by atoms with Gasteiger partial charge < -0.3 is 4.74 Å². The fraction of sp³-hybridized carbons (Fsp3) is 0.167. The first-order valence-corrected chi connectivity index (χ1v) is 6.32. The lowest BCUT2D eigenvalue weighted by atomic mass is 10.2. The van der Waals surface area contributed by atoms with Gasteiger partial charge in [-0.25, -0.2) is 15.2 Å². The molecule has 2 rings (SSSR count). The zero-order valence-corrected chi connectivity index (χ0v) is 11.0. The molecule has 0 saturated carbocycles. The molecule has 0 aliphatic rings. The van der Waals surface area contributed by atoms with Crippen LogP contribution in [0.25, 0.3) is 0 Å². The van der Waals surface area contributed by atoms with Crippen LogP contribution in [0, 0.1) is 12.7 Å². The van der Waals surface area contributed by atoms with Crippen molar-refractivity contribution >= 4 is 17.2 Å². The van der Waals surface area contributed by atoms with E-state index in [1.165, 1.54) is 23.5 Å². The van der Waals surface area contributed by atoms with Crippen LogP contribution in [0.4, 0.5) is 4.39 Å². The van der Waals surface area contributed by atoms with Gasteiger partial charge in [0, 0.05) is 11.4 Å². The molecule has 0 atom stereocenters. The number of nitrogens with one attached hydrogen (secondary N) is 1. The molecule has 0 radical (unpaired) electrons. The Hall–Kier alpha value is -1.99. The van der Waals surface area contributed by atoms with Crippen molar-refractivity contribution in [3.63, 3.8) is 0 Å². The number of benzene rings is 1. The quantitative estimate of drug-likeness (QED) is 0.508. The number of hydrogen-bond donors (Lipinski definition) is 2. The Bertz CT molecular complexity index is 600. The predicted molar refractivity (Wildman–Crippen MR) is 69.2 cm³/mol. The number of carbonyl (C=O) groups excluding carboxylic acids is 1. The normalized spacial score (nSPS) is 10.3. The third-order valence-electron chi connectivity index (χ3n) is 2.40. The van der Waals surface area contributed by atoms with Crippen LogP contribution in [0.2, 0.25) is 0 Å². The van der Waals surface area contributed by atoms with Crippen LogP contribution in [-0.4, -0.2) is 10.9 Å². The number of nitrogen functional groups attached to an aromatic ring is 1. The Balaban J connectivity index is 2.04. The van der Waals surface area contributed by atoms with Gasteiger partial charge in [-0.2, -0.15) is 0 Å². The number of amides is 1. The topological polar surface area (TPSA) is 77.2 Å². The Morgan fingerprint density at radius 3 is 3.11 bits per heavy atom. The average molecular weight is 281 g/mol. The van der Waals surface area contributed by atoms with Gasteiger partial charge in [0.05, 0.1) is 5.69 Å². The highest BCUT2D eigenvalue weighted by Gasteiger charge is 2.10. The number of rotatable bonds is 4. The van der Waals surface area contributed by atoms with Crippen molar-refractivity contribution in [1.29, 1.82) is 0 Å². The van der Waals surface area contributed by atoms with Crippen LogP contribution in [0.15, 0.2) is 23.6 Å². The standard InChI is InChI=1S/C12H12FN3O2S/c1-7-2-3-8(13)4-10(7)18-5-9-6-19-12(15-9)11(17)16-14/h2-4,6H,5,14H2,1H3,(H,16,17). The van der Waals surface area contributed by atoms with E-state index in [9.17, 15) is 9.18 Å². The second kappa shape index (κ2) is 5.77. The van der Waals surface area contributed by atoms with E-state index in [0.29, 0.717) is 11.4 Å². The van der Waals surface area contributed by atoms with Crippen molar-refractivity contribution in [2.75, 3.05) is 0 Å². The first-order valence-electron chi connectivity index (χ1n) is 5.44. The number of hydrazine groups is 1. The van der Waals surface area contributed by atoms with Crippen molar-refractivity contribution in [2.24, 2.45) is 5.84 Å². The predicted octanol–water partition coefficient (Wildman–Crippen LogP) is 1.77. The number of carbonyl (C=O) groups is 1. The van der Waals surface area contributed by atoms with Crippen LogP contribution in [-0.2, 0) is 6.61 Å². The van der Waals surface area contributed by atoms with Gasteiger partial charge in [0.25, 0.3) is 5.91 Å². The lowest BCUT2D eigenvalue weighted by Crippen LogP contribution is -2.29. The van der Waals surface area contributed by atoms with Crippen LogP contribution in [0.5, 0.6) is 5.75 Å². The molecule has 1 aromatic heterocycles. The number of ether oxygens (including phenoxy) is 1. The van der Waals surface area contributed by atoms with Gasteiger partial charge in [0.1, 0.15) is 18.2 Å². The number of thiazole rings is 1. The molecular weight excluding hydrogens is 269 g/mol. The number of nitrogens with two attached hydrogens (primary N) is 1. The summed E-state index contributed by atoms with van der Waals surface area (Å²) in [6.07, 6.45) is 0. The summed E-state index contributed by atoms with van der Waals surface area (Å²) in [6, 6.07) is 4.32. The van der Waals surface area contributed by atoms with E-state index in [1.54, 1.807) is 11.4 Å². The molecule has 5 nitrogen and oxygen atoms in total. The zero-order chi connectivity index (χ0) is 13.8. The van der Waals surface area contributed by atoms with E-state index in [1.807, 2.05) is 12.3 Å². The monoisotopic (exact) mass is 281 g/mol. The Kier molecular flexibility index (Phi) is 4.08. The summed E-state index contributed by atoms with van der Waals surface area (Å²) < 4.78 is 18.5. The van der Waals surface area contributed by atoms with Crippen LogP contribution in [0.3, 0.4) is 0 Å². The van der Waals surface area contributed by atoms with E-state index in [2.05, 4.69) is 4.98 Å². The lowest BCUT2D eigenvalue weighted by molar-refractivity contribution is 0.0953. The molecule has 19 heavy (non-hydrogen) atoms. The SMILES string of the molecule is Cc1ccc(F)cc1OCc1csc(C(=O)NN)n1. The van der Waals surface area contributed by atoms with Gasteiger partial charge in [-0.1, -0.05) is 6.07 Å². The van der Waals surface area contributed by atoms with Crippen LogP contribution in [0.1, 0.15) is 21.1 Å². The van der Waals surface area contributed by atoms with E-state index in [4.69, 9.17) is 10.6 Å². The highest BCUT2D eigenvalue weighted by molar-refractivity contribution is 7.11. The van der Waals surface area contributed by atoms with Gasteiger partial charge >= 0.3 is 0 Å². The molecule has 0 aliphatic carbocycles. The maximum Gasteiger partial charge on any atom is 0.294 e. The van der Waals surface area contributed by atoms with Crippen LogP contribution >= 0.6 is 11.3 Å². The first kappa shape index (κ1) is 13.4. The van der Waals surface area contributed by atoms with Gasteiger partial charge in [-0.05, 0) is 18.6 Å². The summed E-state index contributed by atoms with van der Waals surface area (Å²) in [5.41, 5.74) is 3.42. The molecule has 0 bridgehead atoms. The summed E-state index contributed by atoms with van der Waals surface area (Å²) >= 11 is 1.17. The summed E-state index contributed by atoms with van der Waals surface area (Å²) in [5.74, 6) is 4.66. The zero-order valence-electron chi connectivity index (χ0n) is 10.1. The molecule has 0 unspecified atom stereocenters. The minimum absolute atomic E-state index is 0.165.